The Morgan fingerprint density at radius 1 is 1.14 bits per heavy atom. The lowest BCUT2D eigenvalue weighted by atomic mass is 10.1. The minimum Gasteiger partial charge on any atom is -0.486 e. The summed E-state index contributed by atoms with van der Waals surface area (Å²) in [4.78, 5) is 12.2. The first-order valence-electron chi connectivity index (χ1n) is 7.37. The van der Waals surface area contributed by atoms with Crippen molar-refractivity contribution < 1.29 is 14.3 Å². The van der Waals surface area contributed by atoms with Gasteiger partial charge in [0.25, 0.3) is 5.91 Å². The molecule has 3 rings (SSSR count). The van der Waals surface area contributed by atoms with E-state index in [0.717, 1.165) is 17.1 Å². The molecule has 1 N–H and O–H groups in total. The molecule has 114 valence electrons. The quantitative estimate of drug-likeness (QED) is 0.947. The molecule has 0 saturated carbocycles. The molecule has 1 amide bonds. The number of para-hydroxylation sites is 2. The van der Waals surface area contributed by atoms with E-state index in [-0.39, 0.29) is 12.0 Å². The summed E-state index contributed by atoms with van der Waals surface area (Å²) in [6, 6.07) is 13.2. The number of nitrogens with one attached hydrogen (secondary N) is 1. The molecule has 0 spiro atoms. The second kappa shape index (κ2) is 6.10. The third-order valence-electron chi connectivity index (χ3n) is 3.83. The van der Waals surface area contributed by atoms with Crippen molar-refractivity contribution >= 4 is 5.91 Å². The standard InChI is InChI=1S/C18H19NO3/c1-12-7-8-14(9-13(12)2)18(20)19-10-15-11-21-16-5-3-4-6-17(16)22-15/h3-9,15H,10-11H2,1-2H3,(H,19,20). The van der Waals surface area contributed by atoms with E-state index in [0.29, 0.717) is 18.7 Å². The van der Waals surface area contributed by atoms with Crippen LogP contribution in [0, 0.1) is 13.8 Å². The summed E-state index contributed by atoms with van der Waals surface area (Å²) in [5.74, 6) is 1.38. The molecule has 1 heterocycles. The molecule has 1 unspecified atom stereocenters. The largest absolute Gasteiger partial charge is 0.486 e. The summed E-state index contributed by atoms with van der Waals surface area (Å²) in [6.07, 6.45) is -0.176. The first-order chi connectivity index (χ1) is 10.6. The molecule has 4 nitrogen and oxygen atoms in total. The van der Waals surface area contributed by atoms with Crippen LogP contribution in [0.2, 0.25) is 0 Å². The zero-order valence-corrected chi connectivity index (χ0v) is 12.8. The van der Waals surface area contributed by atoms with E-state index in [9.17, 15) is 4.79 Å². The van der Waals surface area contributed by atoms with Crippen LogP contribution in [0.5, 0.6) is 11.5 Å². The summed E-state index contributed by atoms with van der Waals surface area (Å²) in [6.45, 7) is 4.88. The van der Waals surface area contributed by atoms with Crippen LogP contribution >= 0.6 is 0 Å². The SMILES string of the molecule is Cc1ccc(C(=O)NCC2COc3ccccc3O2)cc1C. The smallest absolute Gasteiger partial charge is 0.251 e. The van der Waals surface area contributed by atoms with Crippen LogP contribution in [0.4, 0.5) is 0 Å². The highest BCUT2D eigenvalue weighted by molar-refractivity contribution is 5.94. The highest BCUT2D eigenvalue weighted by Gasteiger charge is 2.21. The zero-order valence-electron chi connectivity index (χ0n) is 12.8. The minimum absolute atomic E-state index is 0.0921. The van der Waals surface area contributed by atoms with E-state index >= 15 is 0 Å². The summed E-state index contributed by atoms with van der Waals surface area (Å²) >= 11 is 0. The van der Waals surface area contributed by atoms with E-state index in [2.05, 4.69) is 5.32 Å². The van der Waals surface area contributed by atoms with Crippen molar-refractivity contribution in [3.63, 3.8) is 0 Å². The summed E-state index contributed by atoms with van der Waals surface area (Å²) in [7, 11) is 0. The molecule has 22 heavy (non-hydrogen) atoms. The Balaban J connectivity index is 1.59. The van der Waals surface area contributed by atoms with Crippen LogP contribution in [0.1, 0.15) is 21.5 Å². The van der Waals surface area contributed by atoms with Crippen molar-refractivity contribution in [3.05, 3.63) is 59.2 Å². The van der Waals surface area contributed by atoms with Crippen LogP contribution in [-0.4, -0.2) is 25.2 Å². The van der Waals surface area contributed by atoms with Crippen molar-refractivity contribution in [2.75, 3.05) is 13.2 Å². The fourth-order valence-electron chi connectivity index (χ4n) is 2.35. The number of fused-ring (bicyclic) bond motifs is 1. The molecule has 0 aromatic heterocycles. The van der Waals surface area contributed by atoms with Gasteiger partial charge in [-0.25, -0.2) is 0 Å². The van der Waals surface area contributed by atoms with Gasteiger partial charge in [0.05, 0.1) is 6.54 Å². The van der Waals surface area contributed by atoms with Gasteiger partial charge in [0, 0.05) is 5.56 Å². The summed E-state index contributed by atoms with van der Waals surface area (Å²) in [5, 5.41) is 2.90. The first-order valence-corrected chi connectivity index (χ1v) is 7.37. The lowest BCUT2D eigenvalue weighted by molar-refractivity contribution is 0.0789. The number of carbonyl (C=O) groups excluding carboxylic acids is 1. The van der Waals surface area contributed by atoms with Crippen LogP contribution in [0.15, 0.2) is 42.5 Å². The molecule has 0 saturated heterocycles. The maximum Gasteiger partial charge on any atom is 0.251 e. The molecule has 2 aromatic rings. The summed E-state index contributed by atoms with van der Waals surface area (Å²) < 4.78 is 11.5. The van der Waals surface area contributed by atoms with Gasteiger partial charge in [-0.3, -0.25) is 4.79 Å². The lowest BCUT2D eigenvalue weighted by Crippen LogP contribution is -2.40. The normalized spacial score (nSPS) is 16.2. The fourth-order valence-corrected chi connectivity index (χ4v) is 2.35. The van der Waals surface area contributed by atoms with Crippen molar-refractivity contribution in [1.29, 1.82) is 0 Å². The van der Waals surface area contributed by atoms with E-state index < -0.39 is 0 Å². The van der Waals surface area contributed by atoms with Gasteiger partial charge in [0.1, 0.15) is 12.7 Å². The Morgan fingerprint density at radius 3 is 2.68 bits per heavy atom. The maximum atomic E-state index is 12.2. The lowest BCUT2D eigenvalue weighted by Gasteiger charge is -2.26. The summed E-state index contributed by atoms with van der Waals surface area (Å²) in [5.41, 5.74) is 2.95. The van der Waals surface area contributed by atoms with Gasteiger partial charge >= 0.3 is 0 Å². The second-order valence-corrected chi connectivity index (χ2v) is 5.51. The highest BCUT2D eigenvalue weighted by Crippen LogP contribution is 2.30. The molecule has 0 aliphatic carbocycles. The average molecular weight is 297 g/mol. The van der Waals surface area contributed by atoms with Gasteiger partial charge in [0.2, 0.25) is 0 Å². The van der Waals surface area contributed by atoms with Crippen LogP contribution in [0.3, 0.4) is 0 Å². The Kier molecular flexibility index (Phi) is 4.00. The molecule has 4 heteroatoms. The molecule has 0 bridgehead atoms. The average Bonchev–Trinajstić information content (AvgIpc) is 2.55. The minimum atomic E-state index is -0.176. The molecular weight excluding hydrogens is 278 g/mol. The van der Waals surface area contributed by atoms with E-state index in [4.69, 9.17) is 9.47 Å². The third kappa shape index (κ3) is 3.06. The van der Waals surface area contributed by atoms with E-state index in [1.54, 1.807) is 0 Å². The fraction of sp³-hybridized carbons (Fsp3) is 0.278. The number of amides is 1. The highest BCUT2D eigenvalue weighted by atomic mass is 16.6. The number of benzene rings is 2. The van der Waals surface area contributed by atoms with Gasteiger partial charge < -0.3 is 14.8 Å². The number of hydrogen-bond donors (Lipinski definition) is 1. The van der Waals surface area contributed by atoms with Crippen LogP contribution in [-0.2, 0) is 0 Å². The van der Waals surface area contributed by atoms with Gasteiger partial charge in [0.15, 0.2) is 11.5 Å². The molecule has 1 aliphatic heterocycles. The molecule has 1 aliphatic rings. The molecular formula is C18H19NO3. The zero-order chi connectivity index (χ0) is 15.5. The van der Waals surface area contributed by atoms with Crippen molar-refractivity contribution in [1.82, 2.24) is 5.32 Å². The third-order valence-corrected chi connectivity index (χ3v) is 3.83. The van der Waals surface area contributed by atoms with Crippen LogP contribution < -0.4 is 14.8 Å². The molecule has 2 aromatic carbocycles. The maximum absolute atomic E-state index is 12.2. The van der Waals surface area contributed by atoms with Gasteiger partial charge in [-0.15, -0.1) is 0 Å². The second-order valence-electron chi connectivity index (χ2n) is 5.51. The van der Waals surface area contributed by atoms with Gasteiger partial charge in [-0.1, -0.05) is 18.2 Å². The molecule has 0 fully saturated rings. The topological polar surface area (TPSA) is 47.6 Å². The van der Waals surface area contributed by atoms with Crippen molar-refractivity contribution in [2.45, 2.75) is 20.0 Å². The van der Waals surface area contributed by atoms with Gasteiger partial charge in [-0.2, -0.15) is 0 Å². The van der Waals surface area contributed by atoms with Gasteiger partial charge in [-0.05, 0) is 49.2 Å². The Labute approximate surface area is 130 Å². The Bertz CT molecular complexity index is 696. The number of ether oxygens (including phenoxy) is 2. The number of aryl methyl sites for hydroxylation is 2. The monoisotopic (exact) mass is 297 g/mol. The first kappa shape index (κ1) is 14.4. The number of carbonyl (C=O) groups is 1. The molecule has 1 atom stereocenters. The number of hydrogen-bond acceptors (Lipinski definition) is 3. The van der Waals surface area contributed by atoms with Crippen molar-refractivity contribution in [3.8, 4) is 11.5 Å². The number of rotatable bonds is 3. The Morgan fingerprint density at radius 2 is 1.91 bits per heavy atom. The predicted octanol–water partition coefficient (Wildman–Crippen LogP) is 2.87. The molecule has 0 radical (unpaired) electrons. The van der Waals surface area contributed by atoms with Crippen LogP contribution in [0.25, 0.3) is 0 Å². The van der Waals surface area contributed by atoms with E-state index in [1.807, 2.05) is 56.3 Å². The van der Waals surface area contributed by atoms with E-state index in [1.165, 1.54) is 5.56 Å². The van der Waals surface area contributed by atoms with Crippen molar-refractivity contribution in [2.24, 2.45) is 0 Å². The predicted molar refractivity (Wildman–Crippen MR) is 84.6 cm³/mol. The Hall–Kier alpha value is -2.49.